The zero-order valence-electron chi connectivity index (χ0n) is 18.2. The fourth-order valence-corrected chi connectivity index (χ4v) is 3.86. The van der Waals surface area contributed by atoms with E-state index >= 15 is 0 Å². The largest absolute Gasteiger partial charge is 0.491 e. The third-order valence-corrected chi connectivity index (χ3v) is 5.49. The van der Waals surface area contributed by atoms with Crippen LogP contribution in [0.2, 0.25) is 0 Å². The lowest BCUT2D eigenvalue weighted by Gasteiger charge is -2.27. The Labute approximate surface area is 187 Å². The molecule has 10 nitrogen and oxygen atoms in total. The van der Waals surface area contributed by atoms with Crippen LogP contribution in [0.3, 0.4) is 0 Å². The van der Waals surface area contributed by atoms with Gasteiger partial charge in [0.1, 0.15) is 24.4 Å². The lowest BCUT2D eigenvalue weighted by atomic mass is 10.1. The molecule has 2 aliphatic rings. The molecule has 1 saturated heterocycles. The second-order valence-corrected chi connectivity index (χ2v) is 7.75. The maximum Gasteiger partial charge on any atom is 0.255 e. The summed E-state index contributed by atoms with van der Waals surface area (Å²) in [6, 6.07) is 4.98. The molecule has 2 atom stereocenters. The molecule has 0 aromatic heterocycles. The van der Waals surface area contributed by atoms with Gasteiger partial charge in [0.05, 0.1) is 18.5 Å². The topological polar surface area (TPSA) is 126 Å². The first kappa shape index (κ1) is 23.5. The Balaban J connectivity index is 1.83. The number of nitrogens with one attached hydrogen (secondary N) is 3. The van der Waals surface area contributed by atoms with Crippen LogP contribution in [0.5, 0.6) is 5.75 Å². The lowest BCUT2D eigenvalue weighted by Crippen LogP contribution is -2.52. The number of nitrogens with zero attached hydrogens (tertiary/aromatic N) is 1. The highest BCUT2D eigenvalue weighted by atomic mass is 16.5. The van der Waals surface area contributed by atoms with Crippen molar-refractivity contribution in [3.05, 3.63) is 29.8 Å². The van der Waals surface area contributed by atoms with Gasteiger partial charge in [-0.25, -0.2) is 0 Å². The van der Waals surface area contributed by atoms with Gasteiger partial charge in [-0.2, -0.15) is 0 Å². The number of methoxy groups -OCH3 is 1. The van der Waals surface area contributed by atoms with E-state index in [0.717, 1.165) is 0 Å². The fourth-order valence-electron chi connectivity index (χ4n) is 3.86. The van der Waals surface area contributed by atoms with E-state index < -0.39 is 23.9 Å². The molecule has 0 spiro atoms. The molecule has 1 aromatic rings. The molecule has 0 bridgehead atoms. The summed E-state index contributed by atoms with van der Waals surface area (Å²) in [6.45, 7) is 1.68. The average molecular weight is 447 g/mol. The number of amides is 4. The van der Waals surface area contributed by atoms with E-state index in [0.29, 0.717) is 44.7 Å². The van der Waals surface area contributed by atoms with Crippen molar-refractivity contribution in [1.29, 1.82) is 0 Å². The summed E-state index contributed by atoms with van der Waals surface area (Å²) in [5, 5.41) is 8.21. The second kappa shape index (κ2) is 11.5. The first-order valence-corrected chi connectivity index (χ1v) is 10.9. The quantitative estimate of drug-likeness (QED) is 0.539. The number of hydrogen-bond acceptors (Lipinski definition) is 6. The minimum absolute atomic E-state index is 0.167. The smallest absolute Gasteiger partial charge is 0.255 e. The summed E-state index contributed by atoms with van der Waals surface area (Å²) in [5.41, 5.74) is 0.250. The highest BCUT2D eigenvalue weighted by Gasteiger charge is 2.36. The molecule has 2 heterocycles. The predicted octanol–water partition coefficient (Wildman–Crippen LogP) is -0.173. The van der Waals surface area contributed by atoms with Crippen molar-refractivity contribution in [2.24, 2.45) is 0 Å². The van der Waals surface area contributed by atoms with E-state index in [-0.39, 0.29) is 37.0 Å². The van der Waals surface area contributed by atoms with Crippen LogP contribution < -0.4 is 20.7 Å². The Kier molecular flexibility index (Phi) is 8.43. The van der Waals surface area contributed by atoms with Crippen molar-refractivity contribution in [1.82, 2.24) is 20.9 Å². The third kappa shape index (κ3) is 5.97. The molecule has 3 N–H and O–H groups in total. The van der Waals surface area contributed by atoms with Crippen LogP contribution >= 0.6 is 0 Å². The van der Waals surface area contributed by atoms with Crippen molar-refractivity contribution in [3.63, 3.8) is 0 Å². The maximum atomic E-state index is 13.0. The number of hydrogen-bond donors (Lipinski definition) is 3. The van der Waals surface area contributed by atoms with Gasteiger partial charge in [-0.15, -0.1) is 0 Å². The van der Waals surface area contributed by atoms with Crippen LogP contribution in [0.15, 0.2) is 24.3 Å². The molecule has 32 heavy (non-hydrogen) atoms. The second-order valence-electron chi connectivity index (χ2n) is 7.75. The molecule has 1 aromatic carbocycles. The normalized spacial score (nSPS) is 22.0. The lowest BCUT2D eigenvalue weighted by molar-refractivity contribution is -0.140. The van der Waals surface area contributed by atoms with Crippen LogP contribution in [0.25, 0.3) is 0 Å². The van der Waals surface area contributed by atoms with Crippen LogP contribution in [0.1, 0.15) is 36.0 Å². The zero-order valence-corrected chi connectivity index (χ0v) is 18.2. The van der Waals surface area contributed by atoms with Crippen LogP contribution in [0, 0.1) is 0 Å². The Morgan fingerprint density at radius 2 is 2.09 bits per heavy atom. The molecule has 0 aliphatic carbocycles. The van der Waals surface area contributed by atoms with E-state index in [9.17, 15) is 19.2 Å². The van der Waals surface area contributed by atoms with Crippen molar-refractivity contribution in [3.8, 4) is 5.75 Å². The highest BCUT2D eigenvalue weighted by Crippen LogP contribution is 2.21. The Hall–Kier alpha value is -3.14. The number of ether oxygens (including phenoxy) is 2. The molecular formula is C22H30N4O6. The van der Waals surface area contributed by atoms with Crippen molar-refractivity contribution >= 4 is 23.6 Å². The minimum Gasteiger partial charge on any atom is -0.491 e. The average Bonchev–Trinajstić information content (AvgIpc) is 3.29. The van der Waals surface area contributed by atoms with Gasteiger partial charge in [-0.1, -0.05) is 12.1 Å². The van der Waals surface area contributed by atoms with E-state index in [1.807, 2.05) is 0 Å². The number of rotatable bonds is 5. The van der Waals surface area contributed by atoms with Gasteiger partial charge >= 0.3 is 0 Å². The molecule has 3 rings (SSSR count). The first-order valence-electron chi connectivity index (χ1n) is 10.9. The van der Waals surface area contributed by atoms with Crippen molar-refractivity contribution in [2.45, 2.75) is 37.8 Å². The summed E-state index contributed by atoms with van der Waals surface area (Å²) in [4.78, 5) is 52.9. The van der Waals surface area contributed by atoms with Crippen molar-refractivity contribution in [2.75, 3.05) is 40.0 Å². The fraction of sp³-hybridized carbons (Fsp3) is 0.545. The first-order chi connectivity index (χ1) is 15.5. The zero-order chi connectivity index (χ0) is 22.9. The predicted molar refractivity (Wildman–Crippen MR) is 115 cm³/mol. The van der Waals surface area contributed by atoms with Gasteiger partial charge in [-0.05, 0) is 31.4 Å². The van der Waals surface area contributed by atoms with Gasteiger partial charge < -0.3 is 30.3 Å². The van der Waals surface area contributed by atoms with Gasteiger partial charge in [0.15, 0.2) is 0 Å². The van der Waals surface area contributed by atoms with Gasteiger partial charge in [0.2, 0.25) is 17.7 Å². The Morgan fingerprint density at radius 3 is 2.91 bits per heavy atom. The van der Waals surface area contributed by atoms with E-state index in [4.69, 9.17) is 9.47 Å². The van der Waals surface area contributed by atoms with Gasteiger partial charge in [0.25, 0.3) is 5.91 Å². The van der Waals surface area contributed by atoms with Crippen LogP contribution in [-0.2, 0) is 19.1 Å². The third-order valence-electron chi connectivity index (χ3n) is 5.49. The molecule has 0 saturated carbocycles. The van der Waals surface area contributed by atoms with E-state index in [2.05, 4.69) is 16.0 Å². The van der Waals surface area contributed by atoms with Crippen LogP contribution in [0.4, 0.5) is 0 Å². The van der Waals surface area contributed by atoms with Gasteiger partial charge in [0, 0.05) is 26.8 Å². The molecule has 1 fully saturated rings. The summed E-state index contributed by atoms with van der Waals surface area (Å²) in [7, 11) is 1.57. The summed E-state index contributed by atoms with van der Waals surface area (Å²) in [5.74, 6) is -1.22. The van der Waals surface area contributed by atoms with Crippen LogP contribution in [-0.4, -0.2) is 80.6 Å². The summed E-state index contributed by atoms with van der Waals surface area (Å²) in [6.07, 6.45) is 1.62. The Bertz CT molecular complexity index is 845. The summed E-state index contributed by atoms with van der Waals surface area (Å²) >= 11 is 0. The number of para-hydroxylation sites is 1. The standard InChI is InChI=1S/C22H30N4O6/c1-31-12-5-9-23-21(29)16-14-19(27)26-11-4-7-17(26)22(30)24-10-13-32-18-8-3-2-6-15(18)20(28)25-16/h2-3,6,8,16-17H,4-5,7,9-14H2,1H3,(H,23,29)(H,24,30)(H,25,28)/t16-,17-/m0/s1. The van der Waals surface area contributed by atoms with Gasteiger partial charge in [-0.3, -0.25) is 19.2 Å². The molecule has 174 valence electrons. The van der Waals surface area contributed by atoms with Crippen molar-refractivity contribution < 1.29 is 28.7 Å². The molecule has 4 amide bonds. The molecular weight excluding hydrogens is 416 g/mol. The number of fused-ring (bicyclic) bond motifs is 2. The van der Waals surface area contributed by atoms with E-state index in [1.165, 1.54) is 4.90 Å². The number of benzene rings is 1. The maximum absolute atomic E-state index is 13.0. The molecule has 10 heteroatoms. The number of carbonyl (C=O) groups is 4. The van der Waals surface area contributed by atoms with E-state index in [1.54, 1.807) is 31.4 Å². The molecule has 2 aliphatic heterocycles. The number of carbonyl (C=O) groups excluding carboxylic acids is 4. The monoisotopic (exact) mass is 446 g/mol. The molecule has 0 unspecified atom stereocenters. The highest BCUT2D eigenvalue weighted by molar-refractivity contribution is 6.01. The SMILES string of the molecule is COCCCNC(=O)[C@@H]1CC(=O)N2CCC[C@H]2C(=O)NCCOc2ccccc2C(=O)N1. The molecule has 0 radical (unpaired) electrons. The minimum atomic E-state index is -1.09. The Morgan fingerprint density at radius 1 is 1.28 bits per heavy atom. The summed E-state index contributed by atoms with van der Waals surface area (Å²) < 4.78 is 10.7.